The first-order valence-electron chi connectivity index (χ1n) is 35.2. The van der Waals surface area contributed by atoms with Gasteiger partial charge in [-0.15, -0.1) is 0 Å². The predicted octanol–water partition coefficient (Wildman–Crippen LogP) is 22.8. The van der Waals surface area contributed by atoms with Gasteiger partial charge in [0.1, 0.15) is 13.2 Å². The Kier molecular flexibility index (Phi) is 63.0. The number of hydrogen-bond acceptors (Lipinski definition) is 5. The molecule has 8 nitrogen and oxygen atoms in total. The first-order chi connectivity index (χ1) is 42.0. The van der Waals surface area contributed by atoms with Crippen LogP contribution in [-0.4, -0.2) is 73.4 Å². The Morgan fingerprint density at radius 1 is 0.407 bits per heavy atom. The van der Waals surface area contributed by atoms with Crippen LogP contribution in [0.5, 0.6) is 0 Å². The molecular weight excluding hydrogens is 1080 g/mol. The number of allylic oxidation sites excluding steroid dienone is 24. The Morgan fingerprint density at radius 2 is 0.698 bits per heavy atom. The van der Waals surface area contributed by atoms with Crippen molar-refractivity contribution in [3.8, 4) is 0 Å². The fourth-order valence-corrected chi connectivity index (χ4v) is 10.4. The maximum atomic E-state index is 13.1. The van der Waals surface area contributed by atoms with Gasteiger partial charge in [-0.25, -0.2) is 4.57 Å². The maximum absolute atomic E-state index is 13.1. The van der Waals surface area contributed by atoms with E-state index in [9.17, 15) is 19.4 Å². The Hall–Kier alpha value is -3.62. The number of amides is 1. The van der Waals surface area contributed by atoms with Crippen molar-refractivity contribution < 1.29 is 32.9 Å². The van der Waals surface area contributed by atoms with Crippen LogP contribution in [0.3, 0.4) is 0 Å². The molecule has 0 aliphatic heterocycles. The topological polar surface area (TPSA) is 105 Å². The van der Waals surface area contributed by atoms with Gasteiger partial charge in [0.05, 0.1) is 39.9 Å². The van der Waals surface area contributed by atoms with Gasteiger partial charge in [0, 0.05) is 6.42 Å². The summed E-state index contributed by atoms with van der Waals surface area (Å²) < 4.78 is 23.9. The summed E-state index contributed by atoms with van der Waals surface area (Å²) in [5.41, 5.74) is 0. The highest BCUT2D eigenvalue weighted by Gasteiger charge is 2.28. The molecule has 1 amide bonds. The van der Waals surface area contributed by atoms with Crippen LogP contribution in [0, 0.1) is 0 Å². The lowest BCUT2D eigenvalue weighted by Crippen LogP contribution is -2.46. The Bertz CT molecular complexity index is 1910. The van der Waals surface area contributed by atoms with Gasteiger partial charge in [0.25, 0.3) is 0 Å². The third-order valence-corrected chi connectivity index (χ3v) is 16.1. The molecule has 0 aliphatic rings. The smallest absolute Gasteiger partial charge is 0.391 e. The molecule has 0 heterocycles. The molecule has 0 saturated carbocycles. The van der Waals surface area contributed by atoms with E-state index in [2.05, 4.69) is 165 Å². The molecule has 0 aromatic heterocycles. The van der Waals surface area contributed by atoms with E-state index < -0.39 is 20.0 Å². The molecule has 3 atom stereocenters. The second kappa shape index (κ2) is 65.8. The fourth-order valence-electron chi connectivity index (χ4n) is 9.68. The van der Waals surface area contributed by atoms with Crippen molar-refractivity contribution in [2.75, 3.05) is 40.9 Å². The maximum Gasteiger partial charge on any atom is 0.472 e. The third kappa shape index (κ3) is 67.9. The predicted molar refractivity (Wildman–Crippen MR) is 378 cm³/mol. The molecule has 492 valence electrons. The number of quaternary nitrogens is 1. The first kappa shape index (κ1) is 82.4. The van der Waals surface area contributed by atoms with Crippen LogP contribution < -0.4 is 5.32 Å². The summed E-state index contributed by atoms with van der Waals surface area (Å²) in [7, 11) is 1.58. The second-order valence-electron chi connectivity index (χ2n) is 24.5. The molecule has 0 bridgehead atoms. The molecular formula is C77H134N2O6P+. The van der Waals surface area contributed by atoms with Gasteiger partial charge in [-0.1, -0.05) is 320 Å². The number of unbranched alkanes of at least 4 members (excludes halogenated alkanes) is 26. The zero-order chi connectivity index (χ0) is 62.6. The standard InChI is InChI=1S/C77H133N2O6P/c1-6-8-10-12-14-16-18-20-22-24-26-28-30-31-32-33-34-35-36-37-38-39-40-41-42-43-44-45-46-47-49-51-53-55-57-59-61-63-65-67-69-71-77(81)78-75(74-85-86(82,83)84-73-72-79(3,4)5)76(80)70-68-66-64-62-60-58-56-54-52-50-48-29-27-25-23-21-19-17-15-13-11-9-7-2/h8,10,14,16,20,22,26,28,31-32,34-35,37-38,40-41,43-44,46-47,51,53,57,59,75-76,80H,6-7,9,11-13,15,17-19,21,23-25,27,29-30,33,36,39,42,45,48-50,52,54-56,58,60-74H2,1-5H3,(H-,78,81,82,83)/p+1/b10-8-,16-14-,22-20-,28-26-,32-31-,35-34-,38-37-,41-40-,44-43-,47-46-,53-51-,59-57-. The van der Waals surface area contributed by atoms with Gasteiger partial charge >= 0.3 is 7.82 Å². The van der Waals surface area contributed by atoms with Gasteiger partial charge in [-0.2, -0.15) is 0 Å². The van der Waals surface area contributed by atoms with Crippen molar-refractivity contribution in [3.05, 3.63) is 146 Å². The van der Waals surface area contributed by atoms with Crippen molar-refractivity contribution in [1.29, 1.82) is 0 Å². The number of carbonyl (C=O) groups is 1. The van der Waals surface area contributed by atoms with Crippen LogP contribution in [0.4, 0.5) is 0 Å². The van der Waals surface area contributed by atoms with E-state index in [4.69, 9.17) is 9.05 Å². The molecule has 0 radical (unpaired) electrons. The van der Waals surface area contributed by atoms with Crippen LogP contribution in [0.25, 0.3) is 0 Å². The first-order valence-corrected chi connectivity index (χ1v) is 36.7. The summed E-state index contributed by atoms with van der Waals surface area (Å²) in [6, 6.07) is -0.787. The SMILES string of the molecule is CC/C=C\C/C=C\C/C=C\C/C=C\C/C=C\C/C=C\C/C=C\C/C=C\C/C=C\C/C=C\C/C=C\C/C=C\CCCCCCC(=O)NC(COP(=O)(O)OCC[N+](C)(C)C)C(O)CCCCCCCCCCCCCCCCCCCCCCCCC. The van der Waals surface area contributed by atoms with Crippen molar-refractivity contribution in [2.24, 2.45) is 0 Å². The van der Waals surface area contributed by atoms with E-state index in [1.165, 1.54) is 128 Å². The van der Waals surface area contributed by atoms with Gasteiger partial charge < -0.3 is 19.8 Å². The lowest BCUT2D eigenvalue weighted by atomic mass is 10.0. The van der Waals surface area contributed by atoms with Gasteiger partial charge in [-0.05, 0) is 103 Å². The Balaban J connectivity index is 4.17. The minimum atomic E-state index is -4.35. The van der Waals surface area contributed by atoms with Gasteiger partial charge in [-0.3, -0.25) is 13.8 Å². The number of phosphoric ester groups is 1. The number of nitrogens with one attached hydrogen (secondary N) is 1. The quantitative estimate of drug-likeness (QED) is 0.0243. The number of rotatable bonds is 63. The van der Waals surface area contributed by atoms with E-state index in [0.29, 0.717) is 23.9 Å². The molecule has 3 unspecified atom stereocenters. The number of phosphoric acid groups is 1. The van der Waals surface area contributed by atoms with Crippen LogP contribution in [-0.2, 0) is 18.4 Å². The second-order valence-corrected chi connectivity index (χ2v) is 26.0. The minimum Gasteiger partial charge on any atom is -0.391 e. The third-order valence-electron chi connectivity index (χ3n) is 15.1. The largest absolute Gasteiger partial charge is 0.472 e. The van der Waals surface area contributed by atoms with Crippen LogP contribution in [0.2, 0.25) is 0 Å². The van der Waals surface area contributed by atoms with Gasteiger partial charge in [0.2, 0.25) is 5.91 Å². The van der Waals surface area contributed by atoms with Crippen LogP contribution in [0.1, 0.15) is 284 Å². The zero-order valence-corrected chi connectivity index (χ0v) is 57.1. The number of aliphatic hydroxyl groups is 1. The van der Waals surface area contributed by atoms with Crippen LogP contribution >= 0.6 is 7.82 Å². The molecule has 0 aromatic rings. The molecule has 0 aromatic carbocycles. The Morgan fingerprint density at radius 3 is 1.02 bits per heavy atom. The fraction of sp³-hybridized carbons (Fsp3) is 0.675. The van der Waals surface area contributed by atoms with Crippen molar-refractivity contribution in [2.45, 2.75) is 296 Å². The highest BCUT2D eigenvalue weighted by Crippen LogP contribution is 2.43. The number of aliphatic hydroxyl groups excluding tert-OH is 1. The molecule has 0 fully saturated rings. The molecule has 0 saturated heterocycles. The molecule has 3 N–H and O–H groups in total. The molecule has 0 spiro atoms. The zero-order valence-electron chi connectivity index (χ0n) is 56.3. The highest BCUT2D eigenvalue weighted by atomic mass is 31.2. The number of carbonyl (C=O) groups excluding carboxylic acids is 1. The lowest BCUT2D eigenvalue weighted by molar-refractivity contribution is -0.870. The monoisotopic (exact) mass is 1210 g/mol. The summed E-state index contributed by atoms with van der Waals surface area (Å²) >= 11 is 0. The van der Waals surface area contributed by atoms with Gasteiger partial charge in [0.15, 0.2) is 0 Å². The summed E-state index contributed by atoms with van der Waals surface area (Å²) in [5.74, 6) is -0.171. The van der Waals surface area contributed by atoms with E-state index in [0.717, 1.165) is 128 Å². The number of nitrogens with zero attached hydrogens (tertiary/aromatic N) is 1. The number of hydrogen-bond donors (Lipinski definition) is 3. The average Bonchev–Trinajstić information content (AvgIpc) is 3.70. The number of likely N-dealkylation sites (N-methyl/N-ethyl adjacent to an activating group) is 1. The summed E-state index contributed by atoms with van der Waals surface area (Å²) in [4.78, 5) is 23.4. The summed E-state index contributed by atoms with van der Waals surface area (Å²) in [6.45, 7) is 4.77. The highest BCUT2D eigenvalue weighted by molar-refractivity contribution is 7.47. The van der Waals surface area contributed by atoms with Crippen molar-refractivity contribution in [1.82, 2.24) is 5.32 Å². The van der Waals surface area contributed by atoms with E-state index in [-0.39, 0.29) is 19.1 Å². The van der Waals surface area contributed by atoms with E-state index in [1.807, 2.05) is 21.1 Å². The lowest BCUT2D eigenvalue weighted by Gasteiger charge is -2.26. The molecule has 0 rings (SSSR count). The average molecular weight is 1210 g/mol. The van der Waals surface area contributed by atoms with Crippen LogP contribution in [0.15, 0.2) is 146 Å². The van der Waals surface area contributed by atoms with Crippen molar-refractivity contribution >= 4 is 13.7 Å². The summed E-state index contributed by atoms with van der Waals surface area (Å²) in [5, 5.41) is 14.1. The Labute approximate surface area is 531 Å². The molecule has 86 heavy (non-hydrogen) atoms. The normalized spacial score (nSPS) is 14.5. The van der Waals surface area contributed by atoms with E-state index >= 15 is 0 Å². The van der Waals surface area contributed by atoms with E-state index in [1.54, 1.807) is 0 Å². The molecule has 0 aliphatic carbocycles. The summed E-state index contributed by atoms with van der Waals surface area (Å²) in [6.07, 6.45) is 101. The minimum absolute atomic E-state index is 0.0625. The molecule has 9 heteroatoms. The van der Waals surface area contributed by atoms with Crippen molar-refractivity contribution in [3.63, 3.8) is 0 Å².